The van der Waals surface area contributed by atoms with Crippen LogP contribution in [0.25, 0.3) is 0 Å². The Morgan fingerprint density at radius 2 is 1.83 bits per heavy atom. The van der Waals surface area contributed by atoms with E-state index in [-0.39, 0.29) is 11.6 Å². The van der Waals surface area contributed by atoms with Gasteiger partial charge in [-0.2, -0.15) is 18.2 Å². The highest BCUT2D eigenvalue weighted by Crippen LogP contribution is 2.35. The molecule has 4 nitrogen and oxygen atoms in total. The lowest BCUT2D eigenvalue weighted by atomic mass is 10.1. The van der Waals surface area contributed by atoms with Crippen molar-refractivity contribution < 1.29 is 13.2 Å². The highest BCUT2D eigenvalue weighted by atomic mass is 19.4. The molecular weight excluding hydrogens is 305 g/mol. The molecule has 1 aromatic carbocycles. The normalized spacial score (nSPS) is 11.6. The molecule has 0 bridgehead atoms. The van der Waals surface area contributed by atoms with Gasteiger partial charge in [-0.3, -0.25) is 0 Å². The molecule has 0 aliphatic carbocycles. The van der Waals surface area contributed by atoms with E-state index in [1.807, 2.05) is 0 Å². The van der Waals surface area contributed by atoms with Crippen LogP contribution in [0, 0.1) is 12.8 Å². The second kappa shape index (κ2) is 6.85. The van der Waals surface area contributed by atoms with Gasteiger partial charge in [0.05, 0.1) is 11.3 Å². The first-order valence-corrected chi connectivity index (χ1v) is 7.28. The van der Waals surface area contributed by atoms with Gasteiger partial charge in [0.2, 0.25) is 5.95 Å². The Morgan fingerprint density at radius 1 is 1.13 bits per heavy atom. The van der Waals surface area contributed by atoms with Crippen LogP contribution >= 0.6 is 0 Å². The lowest BCUT2D eigenvalue weighted by molar-refractivity contribution is -0.136. The van der Waals surface area contributed by atoms with E-state index in [1.54, 1.807) is 13.0 Å². The highest BCUT2D eigenvalue weighted by Gasteiger charge is 2.33. The van der Waals surface area contributed by atoms with Gasteiger partial charge in [-0.05, 0) is 25.0 Å². The number of hydrogen-bond acceptors (Lipinski definition) is 4. The summed E-state index contributed by atoms with van der Waals surface area (Å²) in [5.41, 5.74) is -0.152. The Labute approximate surface area is 133 Å². The number of para-hydroxylation sites is 1. The maximum atomic E-state index is 13.0. The number of nitrogens with zero attached hydrogens (tertiary/aromatic N) is 2. The predicted molar refractivity (Wildman–Crippen MR) is 84.8 cm³/mol. The van der Waals surface area contributed by atoms with Crippen LogP contribution in [-0.2, 0) is 6.18 Å². The third-order valence-corrected chi connectivity index (χ3v) is 3.02. The van der Waals surface area contributed by atoms with Gasteiger partial charge in [-0.1, -0.05) is 26.0 Å². The summed E-state index contributed by atoms with van der Waals surface area (Å²) in [6.07, 6.45) is -4.44. The molecule has 0 aliphatic rings. The molecule has 124 valence electrons. The van der Waals surface area contributed by atoms with Crippen LogP contribution in [0.5, 0.6) is 0 Å². The average molecular weight is 324 g/mol. The Hall–Kier alpha value is -2.31. The minimum atomic E-state index is -4.44. The third-order valence-electron chi connectivity index (χ3n) is 3.02. The molecule has 1 aromatic heterocycles. The van der Waals surface area contributed by atoms with Crippen molar-refractivity contribution in [2.24, 2.45) is 5.92 Å². The van der Waals surface area contributed by atoms with Crippen molar-refractivity contribution in [3.8, 4) is 0 Å². The molecule has 0 saturated carbocycles. The molecule has 0 atom stereocenters. The number of nitrogens with one attached hydrogen (secondary N) is 2. The average Bonchev–Trinajstić information content (AvgIpc) is 2.44. The number of alkyl halides is 3. The van der Waals surface area contributed by atoms with E-state index in [9.17, 15) is 13.2 Å². The van der Waals surface area contributed by atoms with Crippen molar-refractivity contribution >= 4 is 17.5 Å². The summed E-state index contributed by atoms with van der Waals surface area (Å²) in [4.78, 5) is 8.37. The van der Waals surface area contributed by atoms with Crippen LogP contribution in [0.2, 0.25) is 0 Å². The quantitative estimate of drug-likeness (QED) is 0.843. The van der Waals surface area contributed by atoms with Gasteiger partial charge in [-0.25, -0.2) is 4.98 Å². The van der Waals surface area contributed by atoms with E-state index in [0.717, 1.165) is 12.6 Å². The van der Waals surface area contributed by atoms with E-state index in [1.165, 1.54) is 18.2 Å². The van der Waals surface area contributed by atoms with Crippen molar-refractivity contribution in [2.45, 2.75) is 26.9 Å². The zero-order valence-electron chi connectivity index (χ0n) is 13.2. The lowest BCUT2D eigenvalue weighted by Crippen LogP contribution is -2.12. The molecule has 0 aliphatic heterocycles. The molecule has 0 fully saturated rings. The van der Waals surface area contributed by atoms with Gasteiger partial charge in [0.15, 0.2) is 0 Å². The maximum Gasteiger partial charge on any atom is 0.418 e. The Bertz CT molecular complexity index is 669. The molecule has 1 heterocycles. The smallest absolute Gasteiger partial charge is 0.370 e. The second-order valence-electron chi connectivity index (χ2n) is 5.66. The largest absolute Gasteiger partial charge is 0.418 e. The van der Waals surface area contributed by atoms with Gasteiger partial charge < -0.3 is 10.6 Å². The summed E-state index contributed by atoms with van der Waals surface area (Å²) in [6.45, 7) is 6.59. The zero-order chi connectivity index (χ0) is 17.0. The number of anilines is 3. The summed E-state index contributed by atoms with van der Waals surface area (Å²) in [7, 11) is 0. The van der Waals surface area contributed by atoms with Crippen molar-refractivity contribution in [3.05, 3.63) is 41.6 Å². The van der Waals surface area contributed by atoms with Crippen molar-refractivity contribution in [3.63, 3.8) is 0 Å². The van der Waals surface area contributed by atoms with E-state index >= 15 is 0 Å². The summed E-state index contributed by atoms with van der Waals surface area (Å²) in [5, 5.41) is 5.81. The summed E-state index contributed by atoms with van der Waals surface area (Å²) < 4.78 is 39.1. The molecule has 0 unspecified atom stereocenters. The predicted octanol–water partition coefficient (Wildman–Crippen LogP) is 4.62. The Kier molecular flexibility index (Phi) is 5.08. The van der Waals surface area contributed by atoms with E-state index < -0.39 is 11.7 Å². The second-order valence-corrected chi connectivity index (χ2v) is 5.66. The van der Waals surface area contributed by atoms with Crippen molar-refractivity contribution in [1.29, 1.82) is 0 Å². The molecule has 2 aromatic rings. The minimum absolute atomic E-state index is 0.0691. The van der Waals surface area contributed by atoms with E-state index in [4.69, 9.17) is 0 Å². The monoisotopic (exact) mass is 324 g/mol. The van der Waals surface area contributed by atoms with Crippen LogP contribution in [-0.4, -0.2) is 16.5 Å². The molecule has 2 N–H and O–H groups in total. The minimum Gasteiger partial charge on any atom is -0.370 e. The van der Waals surface area contributed by atoms with Gasteiger partial charge in [-0.15, -0.1) is 0 Å². The van der Waals surface area contributed by atoms with E-state index in [2.05, 4.69) is 34.4 Å². The molecule has 0 amide bonds. The first-order chi connectivity index (χ1) is 10.8. The fourth-order valence-corrected chi connectivity index (χ4v) is 1.98. The summed E-state index contributed by atoms with van der Waals surface area (Å²) in [6, 6.07) is 7.01. The van der Waals surface area contributed by atoms with Crippen LogP contribution in [0.1, 0.15) is 25.1 Å². The molecule has 2 rings (SSSR count). The molecule has 0 saturated heterocycles. The number of aryl methyl sites for hydroxylation is 1. The fraction of sp³-hybridized carbons (Fsp3) is 0.375. The fourth-order valence-electron chi connectivity index (χ4n) is 1.98. The number of aromatic nitrogens is 2. The Balaban J connectivity index is 2.27. The summed E-state index contributed by atoms with van der Waals surface area (Å²) >= 11 is 0. The first kappa shape index (κ1) is 17.1. The maximum absolute atomic E-state index is 13.0. The lowest BCUT2D eigenvalue weighted by Gasteiger charge is -2.15. The molecule has 0 radical (unpaired) electrons. The van der Waals surface area contributed by atoms with Crippen LogP contribution in [0.3, 0.4) is 0 Å². The standard InChI is InChI=1S/C16H19F3N4/c1-10(2)9-20-14-8-11(3)21-15(23-14)22-13-7-5-4-6-12(13)16(17,18)19/h4-8,10H,9H2,1-3H3,(H2,20,21,22,23). The van der Waals surface area contributed by atoms with Crippen molar-refractivity contribution in [2.75, 3.05) is 17.2 Å². The van der Waals surface area contributed by atoms with Crippen molar-refractivity contribution in [1.82, 2.24) is 9.97 Å². The molecule has 7 heteroatoms. The molecular formula is C16H19F3N4. The first-order valence-electron chi connectivity index (χ1n) is 7.28. The van der Waals surface area contributed by atoms with Gasteiger partial charge in [0.25, 0.3) is 0 Å². The van der Waals surface area contributed by atoms with Crippen LogP contribution in [0.15, 0.2) is 30.3 Å². The number of hydrogen-bond donors (Lipinski definition) is 2. The third kappa shape index (κ3) is 4.84. The SMILES string of the molecule is Cc1cc(NCC(C)C)nc(Nc2ccccc2C(F)(F)F)n1. The number of halogens is 3. The van der Waals surface area contributed by atoms with E-state index in [0.29, 0.717) is 17.4 Å². The van der Waals surface area contributed by atoms with Gasteiger partial charge >= 0.3 is 6.18 Å². The number of benzene rings is 1. The van der Waals surface area contributed by atoms with Gasteiger partial charge in [0.1, 0.15) is 5.82 Å². The Morgan fingerprint density at radius 3 is 2.48 bits per heavy atom. The molecule has 0 spiro atoms. The number of rotatable bonds is 5. The topological polar surface area (TPSA) is 49.8 Å². The van der Waals surface area contributed by atoms with Gasteiger partial charge in [0, 0.05) is 18.3 Å². The van der Waals surface area contributed by atoms with Crippen LogP contribution in [0.4, 0.5) is 30.6 Å². The summed E-state index contributed by atoms with van der Waals surface area (Å²) in [5.74, 6) is 1.14. The molecule has 23 heavy (non-hydrogen) atoms. The highest BCUT2D eigenvalue weighted by molar-refractivity contribution is 5.60. The van der Waals surface area contributed by atoms with Crippen LogP contribution < -0.4 is 10.6 Å². The zero-order valence-corrected chi connectivity index (χ0v) is 13.2.